The Hall–Kier alpha value is -1.32. The number of fused-ring (bicyclic) bond motifs is 1. The monoisotopic (exact) mass is 185 g/mol. The van der Waals surface area contributed by atoms with Gasteiger partial charge in [-0.3, -0.25) is 0 Å². The summed E-state index contributed by atoms with van der Waals surface area (Å²) in [6.07, 6.45) is 0. The molecule has 0 radical (unpaired) electrons. The van der Waals surface area contributed by atoms with Crippen LogP contribution in [-0.2, 0) is 0 Å². The molecule has 0 unspecified atom stereocenters. The Bertz CT molecular complexity index is 341. The fourth-order valence-electron chi connectivity index (χ4n) is 1.43. The molecule has 70 valence electrons. The summed E-state index contributed by atoms with van der Waals surface area (Å²) in [5.41, 5.74) is 0.340. The van der Waals surface area contributed by atoms with Gasteiger partial charge in [0.15, 0.2) is 5.82 Å². The normalized spacial score (nSPS) is 15.2. The van der Waals surface area contributed by atoms with Gasteiger partial charge >= 0.3 is 0 Å². The molecule has 1 aromatic rings. The first kappa shape index (κ1) is 8.29. The highest BCUT2D eigenvalue weighted by atomic mass is 19.1. The van der Waals surface area contributed by atoms with Crippen molar-refractivity contribution in [3.8, 4) is 5.75 Å². The largest absolute Gasteiger partial charge is 0.489 e. The lowest BCUT2D eigenvalue weighted by Gasteiger charge is -2.27. The number of ether oxygens (including phenoxy) is 1. The lowest BCUT2D eigenvalue weighted by molar-refractivity contribution is 0.306. The van der Waals surface area contributed by atoms with Crippen LogP contribution in [-0.4, -0.2) is 20.2 Å². The van der Waals surface area contributed by atoms with Crippen molar-refractivity contribution < 1.29 is 13.5 Å². The van der Waals surface area contributed by atoms with Gasteiger partial charge in [-0.1, -0.05) is 0 Å². The predicted molar refractivity (Wildman–Crippen MR) is 45.1 cm³/mol. The molecular weight excluding hydrogens is 176 g/mol. The van der Waals surface area contributed by atoms with Gasteiger partial charge in [-0.2, -0.15) is 0 Å². The zero-order chi connectivity index (χ0) is 9.42. The molecule has 1 heterocycles. The van der Waals surface area contributed by atoms with Crippen LogP contribution in [0, 0.1) is 11.6 Å². The molecular formula is C9H9F2NO. The zero-order valence-corrected chi connectivity index (χ0v) is 7.18. The highest BCUT2D eigenvalue weighted by molar-refractivity contribution is 5.60. The summed E-state index contributed by atoms with van der Waals surface area (Å²) in [6, 6.07) is 2.07. The molecule has 0 atom stereocenters. The second-order valence-electron chi connectivity index (χ2n) is 3.00. The number of anilines is 1. The van der Waals surface area contributed by atoms with Crippen molar-refractivity contribution in [1.29, 1.82) is 0 Å². The molecule has 1 aliphatic heterocycles. The van der Waals surface area contributed by atoms with Gasteiger partial charge in [0.1, 0.15) is 23.9 Å². The van der Waals surface area contributed by atoms with Crippen LogP contribution in [0.25, 0.3) is 0 Å². The van der Waals surface area contributed by atoms with Crippen LogP contribution in [0.3, 0.4) is 0 Å². The van der Waals surface area contributed by atoms with Gasteiger partial charge in [-0.05, 0) is 0 Å². The molecule has 0 saturated heterocycles. The van der Waals surface area contributed by atoms with Crippen molar-refractivity contribution in [2.75, 3.05) is 25.1 Å². The van der Waals surface area contributed by atoms with Crippen LogP contribution in [0.4, 0.5) is 14.5 Å². The average Bonchev–Trinajstić information content (AvgIpc) is 2.02. The van der Waals surface area contributed by atoms with E-state index in [1.165, 1.54) is 6.07 Å². The number of hydrogen-bond acceptors (Lipinski definition) is 2. The van der Waals surface area contributed by atoms with Crippen LogP contribution in [0.5, 0.6) is 5.75 Å². The first-order valence-corrected chi connectivity index (χ1v) is 4.01. The number of hydrogen-bond donors (Lipinski definition) is 0. The summed E-state index contributed by atoms with van der Waals surface area (Å²) in [5, 5.41) is 0. The summed E-state index contributed by atoms with van der Waals surface area (Å²) in [5.74, 6) is -0.894. The maximum Gasteiger partial charge on any atom is 0.153 e. The molecule has 0 aliphatic carbocycles. The molecule has 0 aromatic heterocycles. The first-order valence-electron chi connectivity index (χ1n) is 4.01. The van der Waals surface area contributed by atoms with Crippen molar-refractivity contribution in [3.63, 3.8) is 0 Å². The molecule has 4 heteroatoms. The lowest BCUT2D eigenvalue weighted by atomic mass is 10.2. The summed E-state index contributed by atoms with van der Waals surface area (Å²) < 4.78 is 31.1. The van der Waals surface area contributed by atoms with E-state index < -0.39 is 11.6 Å². The Morgan fingerprint density at radius 3 is 2.92 bits per heavy atom. The van der Waals surface area contributed by atoms with Crippen molar-refractivity contribution in [2.24, 2.45) is 0 Å². The van der Waals surface area contributed by atoms with Crippen LogP contribution in [0.1, 0.15) is 0 Å². The van der Waals surface area contributed by atoms with E-state index in [-0.39, 0.29) is 5.75 Å². The van der Waals surface area contributed by atoms with Crippen molar-refractivity contribution in [2.45, 2.75) is 0 Å². The number of nitrogens with zero attached hydrogens (tertiary/aromatic N) is 1. The number of halogens is 2. The van der Waals surface area contributed by atoms with E-state index in [1.807, 2.05) is 0 Å². The Morgan fingerprint density at radius 2 is 2.15 bits per heavy atom. The Kier molecular flexibility index (Phi) is 1.83. The highest BCUT2D eigenvalue weighted by Gasteiger charge is 2.20. The summed E-state index contributed by atoms with van der Waals surface area (Å²) in [7, 11) is 1.75. The first-order chi connectivity index (χ1) is 6.18. The summed E-state index contributed by atoms with van der Waals surface area (Å²) in [6.45, 7) is 1.09. The summed E-state index contributed by atoms with van der Waals surface area (Å²) >= 11 is 0. The molecule has 1 aliphatic rings. The third-order valence-electron chi connectivity index (χ3n) is 2.06. The minimum Gasteiger partial charge on any atom is -0.489 e. The van der Waals surface area contributed by atoms with E-state index in [4.69, 9.17) is 4.74 Å². The van der Waals surface area contributed by atoms with Gasteiger partial charge in [-0.15, -0.1) is 0 Å². The van der Waals surface area contributed by atoms with E-state index in [9.17, 15) is 8.78 Å². The molecule has 0 amide bonds. The van der Waals surface area contributed by atoms with E-state index >= 15 is 0 Å². The quantitative estimate of drug-likeness (QED) is 0.611. The third kappa shape index (κ3) is 1.32. The van der Waals surface area contributed by atoms with Crippen LogP contribution >= 0.6 is 0 Å². The van der Waals surface area contributed by atoms with Crippen molar-refractivity contribution in [1.82, 2.24) is 0 Å². The minimum absolute atomic E-state index is 0.284. The molecule has 1 aromatic carbocycles. The average molecular weight is 185 g/mol. The lowest BCUT2D eigenvalue weighted by Crippen LogP contribution is -2.29. The van der Waals surface area contributed by atoms with Gasteiger partial charge in [0.2, 0.25) is 0 Å². The number of benzene rings is 1. The molecule has 0 spiro atoms. The van der Waals surface area contributed by atoms with Crippen molar-refractivity contribution in [3.05, 3.63) is 23.8 Å². The molecule has 2 rings (SSSR count). The molecule has 0 N–H and O–H groups in total. The van der Waals surface area contributed by atoms with Gasteiger partial charge in [0.25, 0.3) is 0 Å². The third-order valence-corrected chi connectivity index (χ3v) is 2.06. The fourth-order valence-corrected chi connectivity index (χ4v) is 1.43. The topological polar surface area (TPSA) is 12.5 Å². The minimum atomic E-state index is -0.605. The van der Waals surface area contributed by atoms with E-state index in [1.54, 1.807) is 11.9 Å². The Balaban J connectivity index is 2.56. The van der Waals surface area contributed by atoms with Gasteiger partial charge in [0.05, 0.1) is 6.54 Å². The maximum atomic E-state index is 13.2. The highest BCUT2D eigenvalue weighted by Crippen LogP contribution is 2.33. The standard InChI is InChI=1S/C9H9F2NO/c1-12-2-3-13-8-5-6(10)4-7(11)9(8)12/h4-5H,2-3H2,1H3. The molecule has 0 bridgehead atoms. The second kappa shape index (κ2) is 2.87. The molecule has 13 heavy (non-hydrogen) atoms. The SMILES string of the molecule is CN1CCOc2cc(F)cc(F)c21. The maximum absolute atomic E-state index is 13.2. The van der Waals surface area contributed by atoms with Crippen LogP contribution < -0.4 is 9.64 Å². The number of likely N-dealkylation sites (N-methyl/N-ethyl adjacent to an activating group) is 1. The fraction of sp³-hybridized carbons (Fsp3) is 0.333. The van der Waals surface area contributed by atoms with Gasteiger partial charge in [-0.25, -0.2) is 8.78 Å². The number of rotatable bonds is 0. The van der Waals surface area contributed by atoms with Crippen molar-refractivity contribution >= 4 is 5.69 Å². The molecule has 0 fully saturated rings. The van der Waals surface area contributed by atoms with Crippen LogP contribution in [0.2, 0.25) is 0 Å². The van der Waals surface area contributed by atoms with E-state index in [0.717, 1.165) is 6.07 Å². The zero-order valence-electron chi connectivity index (χ0n) is 7.18. The van der Waals surface area contributed by atoms with E-state index in [2.05, 4.69) is 0 Å². The molecule has 2 nitrogen and oxygen atoms in total. The Morgan fingerprint density at radius 1 is 1.38 bits per heavy atom. The van der Waals surface area contributed by atoms with Gasteiger partial charge in [0, 0.05) is 19.2 Å². The van der Waals surface area contributed by atoms with Gasteiger partial charge < -0.3 is 9.64 Å². The van der Waals surface area contributed by atoms with Crippen LogP contribution in [0.15, 0.2) is 12.1 Å². The predicted octanol–water partition coefficient (Wildman–Crippen LogP) is 1.79. The second-order valence-corrected chi connectivity index (χ2v) is 3.00. The Labute approximate surface area is 74.7 Å². The smallest absolute Gasteiger partial charge is 0.153 e. The summed E-state index contributed by atoms with van der Waals surface area (Å²) in [4.78, 5) is 1.72. The molecule has 0 saturated carbocycles. The van der Waals surface area contributed by atoms with E-state index in [0.29, 0.717) is 18.8 Å².